The first kappa shape index (κ1) is 15.2. The summed E-state index contributed by atoms with van der Waals surface area (Å²) in [5.41, 5.74) is -0.894. The molecule has 106 valence electrons. The van der Waals surface area contributed by atoms with E-state index >= 15 is 0 Å². The number of amides is 1. The average Bonchev–Trinajstić information content (AvgIpc) is 2.73. The molecule has 1 aromatic heterocycles. The van der Waals surface area contributed by atoms with Crippen molar-refractivity contribution in [1.82, 2.24) is 10.3 Å². The highest BCUT2D eigenvalue weighted by Gasteiger charge is 2.24. The van der Waals surface area contributed by atoms with Gasteiger partial charge in [0, 0.05) is 12.6 Å². The minimum Gasteiger partial charge on any atom is -0.388 e. The second-order valence-corrected chi connectivity index (χ2v) is 5.29. The molecule has 1 aromatic rings. The maximum absolute atomic E-state index is 11.7. The van der Waals surface area contributed by atoms with E-state index in [1.54, 1.807) is 6.92 Å². The highest BCUT2D eigenvalue weighted by Crippen LogP contribution is 2.15. The fraction of sp³-hybridized carbons (Fsp3) is 0.583. The Morgan fingerprint density at radius 3 is 2.68 bits per heavy atom. The minimum absolute atomic E-state index is 0.0941. The summed E-state index contributed by atoms with van der Waals surface area (Å²) < 4.78 is 0. The van der Waals surface area contributed by atoms with Crippen molar-refractivity contribution in [1.29, 1.82) is 0 Å². The molecular weight excluding hydrogens is 250 g/mol. The number of carbonyl (C=O) groups excluding carboxylic acids is 1. The fourth-order valence-electron chi connectivity index (χ4n) is 1.94. The Kier molecular flexibility index (Phi) is 4.66. The number of aromatic nitrogens is 1. The van der Waals surface area contributed by atoms with Gasteiger partial charge in [0.15, 0.2) is 5.69 Å². The Bertz CT molecular complexity index is 465. The molecule has 1 amide bonds. The van der Waals surface area contributed by atoms with E-state index in [4.69, 9.17) is 0 Å². The van der Waals surface area contributed by atoms with Crippen LogP contribution in [0.2, 0.25) is 0 Å². The van der Waals surface area contributed by atoms with Crippen molar-refractivity contribution in [2.24, 2.45) is 5.92 Å². The smallest absolute Gasteiger partial charge is 0.321 e. The van der Waals surface area contributed by atoms with E-state index in [0.29, 0.717) is 12.3 Å². The van der Waals surface area contributed by atoms with E-state index in [9.17, 15) is 20.0 Å². The fourth-order valence-corrected chi connectivity index (χ4v) is 1.94. The van der Waals surface area contributed by atoms with Crippen LogP contribution >= 0.6 is 0 Å². The molecule has 0 saturated heterocycles. The maximum Gasteiger partial charge on any atom is 0.321 e. The summed E-state index contributed by atoms with van der Waals surface area (Å²) in [4.78, 5) is 24.0. The summed E-state index contributed by atoms with van der Waals surface area (Å²) in [5, 5.41) is 23.1. The predicted molar refractivity (Wildman–Crippen MR) is 69.9 cm³/mol. The predicted octanol–water partition coefficient (Wildman–Crippen LogP) is 1.45. The lowest BCUT2D eigenvalue weighted by Crippen LogP contribution is -2.41. The molecule has 0 aliphatic heterocycles. The molecule has 7 heteroatoms. The average molecular weight is 269 g/mol. The molecule has 0 fully saturated rings. The normalized spacial score (nSPS) is 14.2. The van der Waals surface area contributed by atoms with Gasteiger partial charge in [-0.3, -0.25) is 4.79 Å². The van der Waals surface area contributed by atoms with Gasteiger partial charge in [-0.1, -0.05) is 13.8 Å². The van der Waals surface area contributed by atoms with Crippen molar-refractivity contribution in [2.45, 2.75) is 32.8 Å². The number of hydrogen-bond acceptors (Lipinski definition) is 4. The number of nitrogens with one attached hydrogen (secondary N) is 2. The van der Waals surface area contributed by atoms with E-state index in [2.05, 4.69) is 10.3 Å². The molecule has 3 N–H and O–H groups in total. The van der Waals surface area contributed by atoms with Gasteiger partial charge in [-0.2, -0.15) is 0 Å². The Morgan fingerprint density at radius 2 is 2.21 bits per heavy atom. The molecule has 1 heterocycles. The van der Waals surface area contributed by atoms with Gasteiger partial charge in [0.1, 0.15) is 0 Å². The molecule has 1 atom stereocenters. The van der Waals surface area contributed by atoms with Crippen LogP contribution in [0.5, 0.6) is 0 Å². The summed E-state index contributed by atoms with van der Waals surface area (Å²) in [7, 11) is 0. The van der Waals surface area contributed by atoms with Gasteiger partial charge in [0.25, 0.3) is 5.91 Å². The number of aliphatic hydroxyl groups is 1. The van der Waals surface area contributed by atoms with Crippen LogP contribution in [0, 0.1) is 16.0 Å². The second-order valence-electron chi connectivity index (χ2n) is 5.29. The topological polar surface area (TPSA) is 108 Å². The lowest BCUT2D eigenvalue weighted by molar-refractivity contribution is -0.389. The molecule has 0 saturated carbocycles. The van der Waals surface area contributed by atoms with E-state index in [-0.39, 0.29) is 18.1 Å². The molecule has 1 unspecified atom stereocenters. The third kappa shape index (κ3) is 4.70. The largest absolute Gasteiger partial charge is 0.388 e. The van der Waals surface area contributed by atoms with Crippen molar-refractivity contribution < 1.29 is 14.8 Å². The first-order chi connectivity index (χ1) is 8.71. The Hall–Kier alpha value is -1.89. The number of aromatic amines is 1. The number of carbonyl (C=O) groups is 1. The lowest BCUT2D eigenvalue weighted by atomic mass is 9.94. The first-order valence-electron chi connectivity index (χ1n) is 6.05. The molecule has 0 aromatic carbocycles. The Balaban J connectivity index is 2.57. The van der Waals surface area contributed by atoms with Gasteiger partial charge in [-0.05, 0) is 30.3 Å². The van der Waals surface area contributed by atoms with E-state index in [0.717, 1.165) is 0 Å². The SMILES string of the molecule is CC(C)CC(C)(O)CNC(=O)c1ccc([N+](=O)[O-])[nH]1. The van der Waals surface area contributed by atoms with E-state index in [1.807, 2.05) is 13.8 Å². The second kappa shape index (κ2) is 5.83. The van der Waals surface area contributed by atoms with Gasteiger partial charge < -0.3 is 20.5 Å². The van der Waals surface area contributed by atoms with Crippen LogP contribution in [0.3, 0.4) is 0 Å². The molecule has 19 heavy (non-hydrogen) atoms. The number of nitrogens with zero attached hydrogens (tertiary/aromatic N) is 1. The molecule has 7 nitrogen and oxygen atoms in total. The van der Waals surface area contributed by atoms with Gasteiger partial charge in [-0.15, -0.1) is 0 Å². The lowest BCUT2D eigenvalue weighted by Gasteiger charge is -2.25. The zero-order valence-electron chi connectivity index (χ0n) is 11.3. The van der Waals surface area contributed by atoms with Crippen LogP contribution in [0.15, 0.2) is 12.1 Å². The van der Waals surface area contributed by atoms with E-state index in [1.165, 1.54) is 12.1 Å². The highest BCUT2D eigenvalue weighted by atomic mass is 16.6. The molecule has 0 bridgehead atoms. The number of nitro groups is 1. The summed E-state index contributed by atoms with van der Waals surface area (Å²) in [5.74, 6) is -0.408. The minimum atomic E-state index is -0.998. The number of rotatable bonds is 6. The van der Waals surface area contributed by atoms with E-state index < -0.39 is 16.4 Å². The Morgan fingerprint density at radius 1 is 1.58 bits per heavy atom. The van der Waals surface area contributed by atoms with Gasteiger partial charge in [0.05, 0.1) is 5.60 Å². The van der Waals surface area contributed by atoms with Crippen LogP contribution in [0.4, 0.5) is 5.82 Å². The summed E-state index contributed by atoms with van der Waals surface area (Å²) in [6.45, 7) is 5.69. The zero-order valence-corrected chi connectivity index (χ0v) is 11.3. The van der Waals surface area contributed by atoms with Crippen molar-refractivity contribution in [3.05, 3.63) is 27.9 Å². The molecule has 0 spiro atoms. The van der Waals surface area contributed by atoms with Crippen LogP contribution in [0.1, 0.15) is 37.7 Å². The van der Waals surface area contributed by atoms with Gasteiger partial charge >= 0.3 is 5.82 Å². The quantitative estimate of drug-likeness (QED) is 0.536. The van der Waals surface area contributed by atoms with Crippen LogP contribution in [-0.2, 0) is 0 Å². The molecular formula is C12H19N3O4. The van der Waals surface area contributed by atoms with Crippen LogP contribution in [0.25, 0.3) is 0 Å². The molecule has 1 rings (SSSR count). The Labute approximate surface area is 111 Å². The van der Waals surface area contributed by atoms with Crippen molar-refractivity contribution in [3.63, 3.8) is 0 Å². The van der Waals surface area contributed by atoms with Crippen LogP contribution < -0.4 is 5.32 Å². The van der Waals surface area contributed by atoms with Crippen molar-refractivity contribution in [2.75, 3.05) is 6.54 Å². The standard InChI is InChI=1S/C12H19N3O4/c1-8(2)6-12(3,17)7-13-11(16)9-4-5-10(14-9)15(18)19/h4-5,8,14,17H,6-7H2,1-3H3,(H,13,16). The van der Waals surface area contributed by atoms with Crippen molar-refractivity contribution >= 4 is 11.7 Å². The summed E-state index contributed by atoms with van der Waals surface area (Å²) in [6, 6.07) is 2.56. The number of H-pyrrole nitrogens is 1. The molecule has 0 aliphatic carbocycles. The van der Waals surface area contributed by atoms with Crippen molar-refractivity contribution in [3.8, 4) is 0 Å². The maximum atomic E-state index is 11.7. The number of hydrogen-bond donors (Lipinski definition) is 3. The van der Waals surface area contributed by atoms with Crippen LogP contribution in [-0.4, -0.2) is 33.1 Å². The molecule has 0 aliphatic rings. The highest BCUT2D eigenvalue weighted by molar-refractivity contribution is 5.92. The third-order valence-corrected chi connectivity index (χ3v) is 2.59. The zero-order chi connectivity index (χ0) is 14.6. The monoisotopic (exact) mass is 269 g/mol. The van der Waals surface area contributed by atoms with Gasteiger partial charge in [0.2, 0.25) is 0 Å². The summed E-state index contributed by atoms with van der Waals surface area (Å²) >= 11 is 0. The van der Waals surface area contributed by atoms with Gasteiger partial charge in [-0.25, -0.2) is 4.98 Å². The summed E-state index contributed by atoms with van der Waals surface area (Å²) in [6.07, 6.45) is 0.554. The third-order valence-electron chi connectivity index (χ3n) is 2.59. The molecule has 0 radical (unpaired) electrons. The first-order valence-corrected chi connectivity index (χ1v) is 6.05.